The first kappa shape index (κ1) is 16.0. The maximum absolute atomic E-state index is 12.4. The van der Waals surface area contributed by atoms with Crippen LogP contribution in [0.1, 0.15) is 26.2 Å². The second-order valence-corrected chi connectivity index (χ2v) is 5.56. The van der Waals surface area contributed by atoms with Crippen LogP contribution in [0, 0.1) is 5.92 Å². The van der Waals surface area contributed by atoms with Gasteiger partial charge in [0, 0.05) is 19.7 Å². The van der Waals surface area contributed by atoms with Gasteiger partial charge in [-0.1, -0.05) is 6.92 Å². The fourth-order valence-corrected chi connectivity index (χ4v) is 2.85. The third-order valence-electron chi connectivity index (χ3n) is 4.00. The topological polar surface area (TPSA) is 88.1 Å². The van der Waals surface area contributed by atoms with E-state index < -0.39 is 17.9 Å². The van der Waals surface area contributed by atoms with E-state index in [0.717, 1.165) is 25.9 Å². The van der Waals surface area contributed by atoms with Gasteiger partial charge in [0.15, 0.2) is 0 Å². The lowest BCUT2D eigenvalue weighted by Gasteiger charge is -2.30. The molecule has 2 N–H and O–H groups in total. The quantitative estimate of drug-likeness (QED) is 0.753. The molecule has 0 aromatic rings. The van der Waals surface area contributed by atoms with Gasteiger partial charge in [-0.05, 0) is 19.3 Å². The number of carboxylic acids is 1. The average molecular weight is 300 g/mol. The summed E-state index contributed by atoms with van der Waals surface area (Å²) in [6.45, 7) is 4.16. The first-order valence-corrected chi connectivity index (χ1v) is 7.60. The van der Waals surface area contributed by atoms with Gasteiger partial charge >= 0.3 is 12.0 Å². The van der Waals surface area contributed by atoms with E-state index in [2.05, 4.69) is 5.32 Å². The van der Waals surface area contributed by atoms with E-state index >= 15 is 0 Å². The van der Waals surface area contributed by atoms with Gasteiger partial charge in [0.05, 0.1) is 25.4 Å². The summed E-state index contributed by atoms with van der Waals surface area (Å²) < 4.78 is 10.7. The van der Waals surface area contributed by atoms with Crippen LogP contribution in [-0.4, -0.2) is 67.1 Å². The van der Waals surface area contributed by atoms with E-state index in [4.69, 9.17) is 9.47 Å². The maximum atomic E-state index is 12.4. The Balaban J connectivity index is 1.93. The SMILES string of the molecule is CCCN(C(=O)NCC1CCCO1)C1COCC1C(=O)O. The van der Waals surface area contributed by atoms with Crippen molar-refractivity contribution in [2.24, 2.45) is 5.92 Å². The number of rotatable bonds is 6. The predicted molar refractivity (Wildman–Crippen MR) is 75.1 cm³/mol. The van der Waals surface area contributed by atoms with Crippen LogP contribution in [-0.2, 0) is 14.3 Å². The smallest absolute Gasteiger partial charge is 0.317 e. The molecule has 3 atom stereocenters. The second-order valence-electron chi connectivity index (χ2n) is 5.56. The molecule has 2 rings (SSSR count). The molecular weight excluding hydrogens is 276 g/mol. The molecule has 3 unspecified atom stereocenters. The summed E-state index contributed by atoms with van der Waals surface area (Å²) in [4.78, 5) is 25.2. The minimum atomic E-state index is -0.912. The molecule has 0 aromatic heterocycles. The molecule has 21 heavy (non-hydrogen) atoms. The predicted octanol–water partition coefficient (Wildman–Crippen LogP) is 0.687. The third-order valence-corrected chi connectivity index (χ3v) is 4.00. The van der Waals surface area contributed by atoms with Crippen LogP contribution >= 0.6 is 0 Å². The summed E-state index contributed by atoms with van der Waals surface area (Å²) in [6.07, 6.45) is 2.83. The van der Waals surface area contributed by atoms with Crippen LogP contribution in [0.2, 0.25) is 0 Å². The fourth-order valence-electron chi connectivity index (χ4n) is 2.85. The molecule has 2 aliphatic rings. The van der Waals surface area contributed by atoms with E-state index in [1.807, 2.05) is 6.92 Å². The number of amides is 2. The Morgan fingerprint density at radius 1 is 1.38 bits per heavy atom. The number of nitrogens with zero attached hydrogens (tertiary/aromatic N) is 1. The van der Waals surface area contributed by atoms with E-state index in [0.29, 0.717) is 13.1 Å². The minimum Gasteiger partial charge on any atom is -0.481 e. The number of ether oxygens (including phenoxy) is 2. The standard InChI is InChI=1S/C14H24N2O5/c1-2-5-16(12-9-20-8-11(12)13(17)18)14(19)15-7-10-4-3-6-21-10/h10-12H,2-9H2,1H3,(H,15,19)(H,17,18). The molecule has 0 spiro atoms. The Morgan fingerprint density at radius 3 is 2.81 bits per heavy atom. The highest BCUT2D eigenvalue weighted by molar-refractivity contribution is 5.77. The highest BCUT2D eigenvalue weighted by atomic mass is 16.5. The Bertz CT molecular complexity index is 370. The van der Waals surface area contributed by atoms with Crippen molar-refractivity contribution < 1.29 is 24.2 Å². The van der Waals surface area contributed by atoms with Gasteiger partial charge in [0.1, 0.15) is 5.92 Å². The summed E-state index contributed by atoms with van der Waals surface area (Å²) in [5.41, 5.74) is 0. The van der Waals surface area contributed by atoms with Crippen molar-refractivity contribution in [2.45, 2.75) is 38.3 Å². The van der Waals surface area contributed by atoms with Crippen LogP contribution in [0.4, 0.5) is 4.79 Å². The van der Waals surface area contributed by atoms with E-state index in [1.165, 1.54) is 0 Å². The van der Waals surface area contributed by atoms with E-state index in [1.54, 1.807) is 4.90 Å². The molecule has 2 fully saturated rings. The maximum Gasteiger partial charge on any atom is 0.317 e. The van der Waals surface area contributed by atoms with Crippen molar-refractivity contribution in [1.29, 1.82) is 0 Å². The minimum absolute atomic E-state index is 0.0764. The van der Waals surface area contributed by atoms with Crippen LogP contribution in [0.15, 0.2) is 0 Å². The molecule has 2 saturated heterocycles. The second kappa shape index (κ2) is 7.61. The lowest BCUT2D eigenvalue weighted by Crippen LogP contribution is -2.51. The van der Waals surface area contributed by atoms with Gasteiger partial charge in [-0.25, -0.2) is 4.79 Å². The van der Waals surface area contributed by atoms with Crippen molar-refractivity contribution in [3.05, 3.63) is 0 Å². The molecule has 0 aliphatic carbocycles. The van der Waals surface area contributed by atoms with Crippen molar-refractivity contribution in [2.75, 3.05) is 32.9 Å². The van der Waals surface area contributed by atoms with Gasteiger partial charge in [-0.15, -0.1) is 0 Å². The summed E-state index contributed by atoms with van der Waals surface area (Å²) >= 11 is 0. The van der Waals surface area contributed by atoms with Gasteiger partial charge in [0.2, 0.25) is 0 Å². The number of carbonyl (C=O) groups excluding carboxylic acids is 1. The normalized spacial score (nSPS) is 28.5. The Morgan fingerprint density at radius 2 is 2.19 bits per heavy atom. The van der Waals surface area contributed by atoms with Crippen LogP contribution in [0.5, 0.6) is 0 Å². The van der Waals surface area contributed by atoms with Crippen LogP contribution < -0.4 is 5.32 Å². The Kier molecular flexibility index (Phi) is 5.81. The van der Waals surface area contributed by atoms with Gasteiger partial charge in [-0.3, -0.25) is 4.79 Å². The number of hydrogen-bond acceptors (Lipinski definition) is 4. The number of urea groups is 1. The molecule has 120 valence electrons. The number of nitrogens with one attached hydrogen (secondary N) is 1. The van der Waals surface area contributed by atoms with Gasteiger partial charge in [-0.2, -0.15) is 0 Å². The van der Waals surface area contributed by atoms with Crippen molar-refractivity contribution in [3.8, 4) is 0 Å². The first-order valence-electron chi connectivity index (χ1n) is 7.60. The van der Waals surface area contributed by atoms with Crippen molar-refractivity contribution >= 4 is 12.0 Å². The Hall–Kier alpha value is -1.34. The first-order chi connectivity index (χ1) is 10.1. The molecule has 2 heterocycles. The van der Waals surface area contributed by atoms with E-state index in [9.17, 15) is 14.7 Å². The highest BCUT2D eigenvalue weighted by Gasteiger charge is 2.39. The van der Waals surface area contributed by atoms with Crippen molar-refractivity contribution in [3.63, 3.8) is 0 Å². The highest BCUT2D eigenvalue weighted by Crippen LogP contribution is 2.21. The number of aliphatic carboxylic acids is 1. The van der Waals surface area contributed by atoms with Crippen LogP contribution in [0.3, 0.4) is 0 Å². The van der Waals surface area contributed by atoms with Gasteiger partial charge < -0.3 is 24.8 Å². The van der Waals surface area contributed by atoms with Crippen LogP contribution in [0.25, 0.3) is 0 Å². The number of carboxylic acid groups (broad SMARTS) is 1. The summed E-state index contributed by atoms with van der Waals surface area (Å²) in [7, 11) is 0. The average Bonchev–Trinajstić information content (AvgIpc) is 3.12. The lowest BCUT2D eigenvalue weighted by atomic mass is 10.0. The monoisotopic (exact) mass is 300 g/mol. The molecular formula is C14H24N2O5. The zero-order valence-corrected chi connectivity index (χ0v) is 12.4. The summed E-state index contributed by atoms with van der Waals surface area (Å²) in [5.74, 6) is -1.56. The number of carbonyl (C=O) groups is 2. The Labute approximate surface area is 124 Å². The zero-order valence-electron chi connectivity index (χ0n) is 12.4. The third kappa shape index (κ3) is 4.07. The molecule has 7 heteroatoms. The summed E-state index contributed by atoms with van der Waals surface area (Å²) in [5, 5.41) is 12.1. The molecule has 2 aliphatic heterocycles. The van der Waals surface area contributed by atoms with E-state index in [-0.39, 0.29) is 25.3 Å². The number of hydrogen-bond donors (Lipinski definition) is 2. The fraction of sp³-hybridized carbons (Fsp3) is 0.857. The molecule has 0 saturated carbocycles. The molecule has 0 aromatic carbocycles. The largest absolute Gasteiger partial charge is 0.481 e. The van der Waals surface area contributed by atoms with Crippen molar-refractivity contribution in [1.82, 2.24) is 10.2 Å². The lowest BCUT2D eigenvalue weighted by molar-refractivity contribution is -0.142. The molecule has 0 bridgehead atoms. The molecule has 7 nitrogen and oxygen atoms in total. The molecule has 0 radical (unpaired) electrons. The van der Waals surface area contributed by atoms with Gasteiger partial charge in [0.25, 0.3) is 0 Å². The summed E-state index contributed by atoms with van der Waals surface area (Å²) in [6, 6.07) is -0.624. The zero-order chi connectivity index (χ0) is 15.2. The molecule has 2 amide bonds.